The topological polar surface area (TPSA) is 30.2 Å². The van der Waals surface area contributed by atoms with Crippen molar-refractivity contribution in [3.05, 3.63) is 22.6 Å². The molecule has 1 rings (SSSR count). The van der Waals surface area contributed by atoms with E-state index >= 15 is 0 Å². The number of carbonyl (C=O) groups is 1. The second kappa shape index (κ2) is 4.09. The summed E-state index contributed by atoms with van der Waals surface area (Å²) < 4.78 is 6.06. The average molecular weight is 245 g/mol. The van der Waals surface area contributed by atoms with Crippen LogP contribution in [0.5, 0.6) is 0 Å². The average Bonchev–Trinajstić information content (AvgIpc) is 2.51. The molecule has 1 aromatic rings. The molecule has 0 bridgehead atoms. The number of hydrogen-bond acceptors (Lipinski definition) is 2. The Kier molecular flexibility index (Phi) is 3.31. The van der Waals surface area contributed by atoms with Crippen LogP contribution in [0.1, 0.15) is 26.0 Å². The van der Waals surface area contributed by atoms with E-state index in [9.17, 15) is 4.79 Å². The summed E-state index contributed by atoms with van der Waals surface area (Å²) in [6.07, 6.45) is 2.50. The van der Waals surface area contributed by atoms with Gasteiger partial charge in [-0.05, 0) is 34.5 Å². The first-order valence-electron chi connectivity index (χ1n) is 4.30. The lowest BCUT2D eigenvalue weighted by atomic mass is 9.85. The molecule has 1 aromatic heterocycles. The van der Waals surface area contributed by atoms with E-state index in [1.165, 1.54) is 0 Å². The molecule has 2 nitrogen and oxygen atoms in total. The molecule has 0 aliphatic carbocycles. The Hall–Kier alpha value is -0.570. The summed E-state index contributed by atoms with van der Waals surface area (Å²) in [4.78, 5) is 10.8. The van der Waals surface area contributed by atoms with Crippen LogP contribution in [0.4, 0.5) is 0 Å². The number of aldehydes is 1. The first-order valence-corrected chi connectivity index (χ1v) is 5.09. The van der Waals surface area contributed by atoms with Gasteiger partial charge in [0.25, 0.3) is 0 Å². The monoisotopic (exact) mass is 244 g/mol. The van der Waals surface area contributed by atoms with E-state index < -0.39 is 0 Å². The van der Waals surface area contributed by atoms with Crippen molar-refractivity contribution in [2.24, 2.45) is 5.41 Å². The molecule has 0 fully saturated rings. The third kappa shape index (κ3) is 2.69. The van der Waals surface area contributed by atoms with Crippen LogP contribution in [0.15, 0.2) is 21.2 Å². The van der Waals surface area contributed by atoms with Gasteiger partial charge in [0, 0.05) is 11.8 Å². The summed E-state index contributed by atoms with van der Waals surface area (Å²) in [7, 11) is 0. The number of halogens is 1. The molecule has 0 amide bonds. The molecule has 1 unspecified atom stereocenters. The van der Waals surface area contributed by atoms with Crippen molar-refractivity contribution >= 4 is 22.2 Å². The molecule has 0 spiro atoms. The van der Waals surface area contributed by atoms with Crippen LogP contribution in [-0.2, 0) is 11.2 Å². The largest absolute Gasteiger partial charge is 0.454 e. The molecular formula is C10H13BrO2. The maximum absolute atomic E-state index is 10.8. The molecule has 0 N–H and O–H groups in total. The minimum absolute atomic E-state index is 0.294. The lowest BCUT2D eigenvalue weighted by Crippen LogP contribution is -2.19. The quantitative estimate of drug-likeness (QED) is 0.762. The van der Waals surface area contributed by atoms with Crippen molar-refractivity contribution in [2.45, 2.75) is 26.7 Å². The highest BCUT2D eigenvalue weighted by molar-refractivity contribution is 9.10. The maximum atomic E-state index is 10.8. The highest BCUT2D eigenvalue weighted by Crippen LogP contribution is 2.26. The van der Waals surface area contributed by atoms with Gasteiger partial charge in [-0.25, -0.2) is 0 Å². The summed E-state index contributed by atoms with van der Waals surface area (Å²) in [6.45, 7) is 3.95. The smallest absolute Gasteiger partial charge is 0.169 e. The fraction of sp³-hybridized carbons (Fsp3) is 0.500. The Morgan fingerprint density at radius 3 is 2.69 bits per heavy atom. The molecule has 0 aliphatic heterocycles. The molecule has 0 aliphatic rings. The third-order valence-electron chi connectivity index (χ3n) is 2.30. The van der Waals surface area contributed by atoms with E-state index in [4.69, 9.17) is 4.42 Å². The molecule has 13 heavy (non-hydrogen) atoms. The van der Waals surface area contributed by atoms with Gasteiger partial charge in [-0.1, -0.05) is 13.8 Å². The summed E-state index contributed by atoms with van der Waals surface area (Å²) in [5.74, 6) is 0.850. The van der Waals surface area contributed by atoms with E-state index in [0.717, 1.165) is 18.5 Å². The normalized spacial score (nSPS) is 15.3. The van der Waals surface area contributed by atoms with Crippen LogP contribution >= 0.6 is 15.9 Å². The van der Waals surface area contributed by atoms with Crippen molar-refractivity contribution in [3.63, 3.8) is 0 Å². The SMILES string of the molecule is CCC(C)(C=O)Cc1ccc(Br)o1. The van der Waals surface area contributed by atoms with Crippen LogP contribution < -0.4 is 0 Å². The van der Waals surface area contributed by atoms with Crippen LogP contribution in [0.2, 0.25) is 0 Å². The molecule has 0 radical (unpaired) electrons. The second-order valence-electron chi connectivity index (χ2n) is 3.51. The summed E-state index contributed by atoms with van der Waals surface area (Å²) in [5, 5.41) is 0. The zero-order valence-electron chi connectivity index (χ0n) is 7.84. The molecule has 0 aromatic carbocycles. The third-order valence-corrected chi connectivity index (χ3v) is 2.73. The molecular weight excluding hydrogens is 232 g/mol. The van der Waals surface area contributed by atoms with Crippen molar-refractivity contribution in [2.75, 3.05) is 0 Å². The van der Waals surface area contributed by atoms with Crippen LogP contribution in [0.3, 0.4) is 0 Å². The lowest BCUT2D eigenvalue weighted by Gasteiger charge is -2.18. The number of carbonyl (C=O) groups excluding carboxylic acids is 1. The Balaban J connectivity index is 2.72. The van der Waals surface area contributed by atoms with E-state index in [2.05, 4.69) is 15.9 Å². The molecule has 0 saturated carbocycles. The molecule has 3 heteroatoms. The fourth-order valence-electron chi connectivity index (χ4n) is 1.09. The van der Waals surface area contributed by atoms with Gasteiger partial charge in [0.15, 0.2) is 4.67 Å². The molecule has 1 heterocycles. The van der Waals surface area contributed by atoms with Crippen molar-refractivity contribution in [1.82, 2.24) is 0 Å². The minimum atomic E-state index is -0.294. The van der Waals surface area contributed by atoms with Gasteiger partial charge >= 0.3 is 0 Å². The number of rotatable bonds is 4. The predicted molar refractivity (Wildman–Crippen MR) is 54.6 cm³/mol. The fourth-order valence-corrected chi connectivity index (χ4v) is 1.43. The van der Waals surface area contributed by atoms with Gasteiger partial charge in [-0.3, -0.25) is 0 Å². The highest BCUT2D eigenvalue weighted by atomic mass is 79.9. The first-order chi connectivity index (χ1) is 6.09. The van der Waals surface area contributed by atoms with Gasteiger partial charge in [-0.2, -0.15) is 0 Å². The van der Waals surface area contributed by atoms with Crippen molar-refractivity contribution in [3.8, 4) is 0 Å². The van der Waals surface area contributed by atoms with E-state index in [0.29, 0.717) is 11.1 Å². The van der Waals surface area contributed by atoms with Gasteiger partial charge in [-0.15, -0.1) is 0 Å². The van der Waals surface area contributed by atoms with E-state index in [1.54, 1.807) is 0 Å². The Bertz CT molecular complexity index is 293. The van der Waals surface area contributed by atoms with Crippen LogP contribution in [0, 0.1) is 5.41 Å². The maximum Gasteiger partial charge on any atom is 0.169 e. The van der Waals surface area contributed by atoms with Gasteiger partial charge in [0.2, 0.25) is 0 Å². The van der Waals surface area contributed by atoms with Gasteiger partial charge in [0.05, 0.1) is 0 Å². The molecule has 72 valence electrons. The van der Waals surface area contributed by atoms with Crippen molar-refractivity contribution < 1.29 is 9.21 Å². The number of hydrogen-bond donors (Lipinski definition) is 0. The van der Waals surface area contributed by atoms with Crippen LogP contribution in [-0.4, -0.2) is 6.29 Å². The Morgan fingerprint density at radius 2 is 2.31 bits per heavy atom. The Morgan fingerprint density at radius 1 is 1.62 bits per heavy atom. The van der Waals surface area contributed by atoms with E-state index in [-0.39, 0.29) is 5.41 Å². The predicted octanol–water partition coefficient (Wildman–Crippen LogP) is 3.20. The van der Waals surface area contributed by atoms with Crippen molar-refractivity contribution in [1.29, 1.82) is 0 Å². The lowest BCUT2D eigenvalue weighted by molar-refractivity contribution is -0.115. The summed E-state index contributed by atoms with van der Waals surface area (Å²) in [6, 6.07) is 3.73. The van der Waals surface area contributed by atoms with Crippen LogP contribution in [0.25, 0.3) is 0 Å². The molecule has 0 saturated heterocycles. The number of furan rings is 1. The summed E-state index contributed by atoms with van der Waals surface area (Å²) in [5.41, 5.74) is -0.294. The van der Waals surface area contributed by atoms with Gasteiger partial charge in [0.1, 0.15) is 12.0 Å². The van der Waals surface area contributed by atoms with Gasteiger partial charge < -0.3 is 9.21 Å². The first kappa shape index (κ1) is 10.5. The second-order valence-corrected chi connectivity index (χ2v) is 4.29. The highest BCUT2D eigenvalue weighted by Gasteiger charge is 2.23. The standard InChI is InChI=1S/C10H13BrO2/c1-3-10(2,7-12)6-8-4-5-9(11)13-8/h4-5,7H,3,6H2,1-2H3. The zero-order chi connectivity index (χ0) is 9.90. The Labute approximate surface area is 86.4 Å². The minimum Gasteiger partial charge on any atom is -0.454 e. The van der Waals surface area contributed by atoms with E-state index in [1.807, 2.05) is 26.0 Å². The zero-order valence-corrected chi connectivity index (χ0v) is 9.43. The summed E-state index contributed by atoms with van der Waals surface area (Å²) >= 11 is 3.23. The molecule has 1 atom stereocenters.